The van der Waals surface area contributed by atoms with E-state index in [1.807, 2.05) is 43.3 Å². The molecule has 0 fully saturated rings. The fourth-order valence-corrected chi connectivity index (χ4v) is 3.57. The fraction of sp³-hybridized carbons (Fsp3) is 0.0588. The Kier molecular flexibility index (Phi) is 4.80. The summed E-state index contributed by atoms with van der Waals surface area (Å²) in [6.45, 7) is 1.97. The lowest BCUT2D eigenvalue weighted by Gasteiger charge is -2.02. The standard InChI is InChI=1S/C17H12BrClN2OS/c1-10-15(11-4-3-7-14(19)9-11)20-17(23-10)21-16(22)12-5-2-6-13(18)8-12/h2-9H,1H3,(H,20,21,22). The second kappa shape index (κ2) is 6.83. The second-order valence-corrected chi connectivity index (χ2v) is 7.45. The number of hydrogen-bond acceptors (Lipinski definition) is 3. The van der Waals surface area contributed by atoms with E-state index in [2.05, 4.69) is 26.2 Å². The van der Waals surface area contributed by atoms with Crippen molar-refractivity contribution < 1.29 is 4.79 Å². The molecule has 23 heavy (non-hydrogen) atoms. The monoisotopic (exact) mass is 406 g/mol. The first-order valence-corrected chi connectivity index (χ1v) is 8.82. The number of carbonyl (C=O) groups excluding carboxylic acids is 1. The van der Waals surface area contributed by atoms with Gasteiger partial charge in [0.2, 0.25) is 0 Å². The second-order valence-electron chi connectivity index (χ2n) is 4.90. The molecule has 1 heterocycles. The van der Waals surface area contributed by atoms with E-state index in [1.165, 1.54) is 11.3 Å². The largest absolute Gasteiger partial charge is 0.298 e. The highest BCUT2D eigenvalue weighted by Crippen LogP contribution is 2.31. The van der Waals surface area contributed by atoms with Crippen molar-refractivity contribution in [1.82, 2.24) is 4.98 Å². The van der Waals surface area contributed by atoms with Crippen LogP contribution in [0.3, 0.4) is 0 Å². The smallest absolute Gasteiger partial charge is 0.257 e. The van der Waals surface area contributed by atoms with Gasteiger partial charge in [0.25, 0.3) is 5.91 Å². The van der Waals surface area contributed by atoms with E-state index in [0.717, 1.165) is 20.6 Å². The molecule has 0 saturated carbocycles. The first-order valence-electron chi connectivity index (χ1n) is 6.83. The number of rotatable bonds is 3. The van der Waals surface area contributed by atoms with Gasteiger partial charge in [0.15, 0.2) is 5.13 Å². The van der Waals surface area contributed by atoms with E-state index >= 15 is 0 Å². The molecule has 116 valence electrons. The number of aromatic nitrogens is 1. The number of benzene rings is 2. The first kappa shape index (κ1) is 16.2. The molecule has 0 unspecified atom stereocenters. The molecule has 0 spiro atoms. The van der Waals surface area contributed by atoms with Crippen molar-refractivity contribution >= 4 is 49.9 Å². The molecule has 1 aromatic heterocycles. The molecule has 6 heteroatoms. The molecule has 0 atom stereocenters. The third-order valence-corrected chi connectivity index (χ3v) is 4.82. The number of anilines is 1. The predicted molar refractivity (Wildman–Crippen MR) is 99.4 cm³/mol. The Bertz CT molecular complexity index is 879. The molecule has 0 saturated heterocycles. The number of aryl methyl sites for hydroxylation is 1. The lowest BCUT2D eigenvalue weighted by atomic mass is 10.1. The molecule has 3 aromatic rings. The zero-order chi connectivity index (χ0) is 16.4. The minimum absolute atomic E-state index is 0.183. The Labute approximate surface area is 151 Å². The van der Waals surface area contributed by atoms with Crippen LogP contribution in [0.5, 0.6) is 0 Å². The van der Waals surface area contributed by atoms with E-state index in [-0.39, 0.29) is 5.91 Å². The number of thiazole rings is 1. The third-order valence-electron chi connectivity index (χ3n) is 3.20. The van der Waals surface area contributed by atoms with Gasteiger partial charge in [-0.15, -0.1) is 11.3 Å². The number of nitrogens with zero attached hydrogens (tertiary/aromatic N) is 1. The average Bonchev–Trinajstić information content (AvgIpc) is 2.88. The van der Waals surface area contributed by atoms with E-state index in [9.17, 15) is 4.79 Å². The van der Waals surface area contributed by atoms with Gasteiger partial charge in [-0.2, -0.15) is 0 Å². The molecule has 1 N–H and O–H groups in total. The molecule has 0 radical (unpaired) electrons. The Morgan fingerprint density at radius 1 is 1.22 bits per heavy atom. The van der Waals surface area contributed by atoms with Crippen molar-refractivity contribution in [2.45, 2.75) is 6.92 Å². The summed E-state index contributed by atoms with van der Waals surface area (Å²) >= 11 is 10.8. The van der Waals surface area contributed by atoms with E-state index in [0.29, 0.717) is 15.7 Å². The maximum absolute atomic E-state index is 12.3. The Hall–Kier alpha value is -1.69. The lowest BCUT2D eigenvalue weighted by molar-refractivity contribution is 0.102. The Morgan fingerprint density at radius 3 is 2.74 bits per heavy atom. The summed E-state index contributed by atoms with van der Waals surface area (Å²) in [6.07, 6.45) is 0. The first-order chi connectivity index (χ1) is 11.0. The lowest BCUT2D eigenvalue weighted by Crippen LogP contribution is -2.11. The molecule has 0 aliphatic rings. The van der Waals surface area contributed by atoms with Crippen molar-refractivity contribution in [2.24, 2.45) is 0 Å². The topological polar surface area (TPSA) is 42.0 Å². The maximum atomic E-state index is 12.3. The summed E-state index contributed by atoms with van der Waals surface area (Å²) in [4.78, 5) is 17.8. The molecular weight excluding hydrogens is 396 g/mol. The van der Waals surface area contributed by atoms with Crippen LogP contribution in [0.15, 0.2) is 53.0 Å². The van der Waals surface area contributed by atoms with E-state index in [4.69, 9.17) is 11.6 Å². The van der Waals surface area contributed by atoms with Crippen LogP contribution in [0.4, 0.5) is 5.13 Å². The highest BCUT2D eigenvalue weighted by Gasteiger charge is 2.13. The van der Waals surface area contributed by atoms with Crippen LogP contribution in [0.1, 0.15) is 15.2 Å². The third kappa shape index (κ3) is 3.80. The number of carbonyl (C=O) groups is 1. The average molecular weight is 408 g/mol. The molecule has 2 aromatic carbocycles. The summed E-state index contributed by atoms with van der Waals surface area (Å²) in [5.41, 5.74) is 2.35. The van der Waals surface area contributed by atoms with Gasteiger partial charge in [-0.1, -0.05) is 45.7 Å². The number of amides is 1. The predicted octanol–water partition coefficient (Wildman–Crippen LogP) is 5.79. The highest BCUT2D eigenvalue weighted by atomic mass is 79.9. The van der Waals surface area contributed by atoms with Gasteiger partial charge in [-0.25, -0.2) is 4.98 Å². The highest BCUT2D eigenvalue weighted by molar-refractivity contribution is 9.10. The maximum Gasteiger partial charge on any atom is 0.257 e. The van der Waals surface area contributed by atoms with Crippen molar-refractivity contribution in [3.63, 3.8) is 0 Å². The summed E-state index contributed by atoms with van der Waals surface area (Å²) in [7, 11) is 0. The zero-order valence-corrected chi connectivity index (χ0v) is 15.3. The van der Waals surface area contributed by atoms with E-state index in [1.54, 1.807) is 12.1 Å². The SMILES string of the molecule is Cc1sc(NC(=O)c2cccc(Br)c2)nc1-c1cccc(Cl)c1. The van der Waals surface area contributed by atoms with E-state index < -0.39 is 0 Å². The fourth-order valence-electron chi connectivity index (χ4n) is 2.15. The van der Waals surface area contributed by atoms with Gasteiger partial charge in [0, 0.05) is 25.5 Å². The molecule has 1 amide bonds. The van der Waals surface area contributed by atoms with Crippen LogP contribution < -0.4 is 5.32 Å². The number of hydrogen-bond donors (Lipinski definition) is 1. The molecule has 3 nitrogen and oxygen atoms in total. The van der Waals surface area contributed by atoms with Crippen LogP contribution in [0, 0.1) is 6.92 Å². The van der Waals surface area contributed by atoms with Crippen molar-refractivity contribution in [2.75, 3.05) is 5.32 Å². The number of halogens is 2. The van der Waals surface area contributed by atoms with Gasteiger partial charge in [-0.05, 0) is 37.3 Å². The summed E-state index contributed by atoms with van der Waals surface area (Å²) in [5, 5.41) is 4.08. The van der Waals surface area contributed by atoms with Crippen molar-refractivity contribution in [3.05, 3.63) is 68.5 Å². The van der Waals surface area contributed by atoms with Crippen LogP contribution in [0.2, 0.25) is 5.02 Å². The van der Waals surface area contributed by atoms with Crippen LogP contribution in [0.25, 0.3) is 11.3 Å². The molecular formula is C17H12BrClN2OS. The summed E-state index contributed by atoms with van der Waals surface area (Å²) in [5.74, 6) is -0.183. The van der Waals surface area contributed by atoms with Crippen LogP contribution >= 0.6 is 38.9 Å². The molecule has 0 aliphatic carbocycles. The van der Waals surface area contributed by atoms with Crippen molar-refractivity contribution in [1.29, 1.82) is 0 Å². The Morgan fingerprint density at radius 2 is 2.00 bits per heavy atom. The summed E-state index contributed by atoms with van der Waals surface area (Å²) < 4.78 is 0.861. The normalized spacial score (nSPS) is 10.6. The van der Waals surface area contributed by atoms with Gasteiger partial charge < -0.3 is 0 Å². The van der Waals surface area contributed by atoms with Gasteiger partial charge in [0.05, 0.1) is 5.69 Å². The quantitative estimate of drug-likeness (QED) is 0.597. The van der Waals surface area contributed by atoms with Crippen LogP contribution in [-0.2, 0) is 0 Å². The van der Waals surface area contributed by atoms with Crippen molar-refractivity contribution in [3.8, 4) is 11.3 Å². The summed E-state index contributed by atoms with van der Waals surface area (Å²) in [6, 6.07) is 14.8. The van der Waals surface area contributed by atoms with Gasteiger partial charge in [0.1, 0.15) is 0 Å². The molecule has 3 rings (SSSR count). The van der Waals surface area contributed by atoms with Gasteiger partial charge in [-0.3, -0.25) is 10.1 Å². The van der Waals surface area contributed by atoms with Gasteiger partial charge >= 0.3 is 0 Å². The molecule has 0 aliphatic heterocycles. The number of nitrogens with one attached hydrogen (secondary N) is 1. The van der Waals surface area contributed by atoms with Crippen LogP contribution in [-0.4, -0.2) is 10.9 Å². The Balaban J connectivity index is 1.85. The zero-order valence-electron chi connectivity index (χ0n) is 12.1. The minimum atomic E-state index is -0.183. The minimum Gasteiger partial charge on any atom is -0.298 e. The molecule has 0 bridgehead atoms.